The van der Waals surface area contributed by atoms with E-state index in [4.69, 9.17) is 0 Å². The van der Waals surface area contributed by atoms with Gasteiger partial charge in [0.15, 0.2) is 0 Å². The predicted molar refractivity (Wildman–Crippen MR) is 80.0 cm³/mol. The summed E-state index contributed by atoms with van der Waals surface area (Å²) >= 11 is 1.70. The first-order valence-corrected chi connectivity index (χ1v) is 7.79. The van der Waals surface area contributed by atoms with Crippen LogP contribution in [0.1, 0.15) is 36.2 Å². The molecule has 0 saturated heterocycles. The summed E-state index contributed by atoms with van der Waals surface area (Å²) in [5, 5.41) is 5.35. The van der Waals surface area contributed by atoms with Gasteiger partial charge in [-0.3, -0.25) is 0 Å². The van der Waals surface area contributed by atoms with Gasteiger partial charge >= 0.3 is 0 Å². The van der Waals surface area contributed by atoms with Crippen LogP contribution in [-0.4, -0.2) is 6.54 Å². The van der Waals surface area contributed by atoms with E-state index in [9.17, 15) is 8.78 Å². The molecule has 1 aromatic heterocycles. The summed E-state index contributed by atoms with van der Waals surface area (Å²) in [5.74, 6) is -0.730. The maximum Gasteiger partial charge on any atom is 0.128 e. The van der Waals surface area contributed by atoms with Crippen LogP contribution in [0.15, 0.2) is 35.7 Å². The van der Waals surface area contributed by atoms with Crippen molar-refractivity contribution in [3.63, 3.8) is 0 Å². The van der Waals surface area contributed by atoms with Crippen molar-refractivity contribution in [2.75, 3.05) is 6.54 Å². The molecule has 1 aromatic carbocycles. The number of thiophene rings is 1. The molecule has 108 valence electrons. The molecule has 0 spiro atoms. The van der Waals surface area contributed by atoms with Gasteiger partial charge in [0.25, 0.3) is 0 Å². The largest absolute Gasteiger partial charge is 0.310 e. The fraction of sp³-hybridized carbons (Fsp3) is 0.375. The molecule has 0 aliphatic heterocycles. The van der Waals surface area contributed by atoms with Crippen molar-refractivity contribution in [2.45, 2.75) is 32.2 Å². The van der Waals surface area contributed by atoms with E-state index < -0.39 is 0 Å². The van der Waals surface area contributed by atoms with Crippen LogP contribution in [0.2, 0.25) is 0 Å². The van der Waals surface area contributed by atoms with Gasteiger partial charge in [-0.1, -0.05) is 13.0 Å². The first-order valence-electron chi connectivity index (χ1n) is 6.91. The van der Waals surface area contributed by atoms with Crippen molar-refractivity contribution >= 4 is 11.3 Å². The zero-order valence-corrected chi connectivity index (χ0v) is 12.4. The van der Waals surface area contributed by atoms with Crippen LogP contribution in [0.3, 0.4) is 0 Å². The van der Waals surface area contributed by atoms with Crippen LogP contribution in [0, 0.1) is 11.6 Å². The number of hydrogen-bond acceptors (Lipinski definition) is 2. The maximum atomic E-state index is 13.9. The van der Waals surface area contributed by atoms with Gasteiger partial charge in [0.2, 0.25) is 0 Å². The molecule has 0 radical (unpaired) electrons. The third kappa shape index (κ3) is 4.12. The zero-order valence-electron chi connectivity index (χ0n) is 11.5. The molecule has 1 heterocycles. The Balaban J connectivity index is 2.11. The minimum Gasteiger partial charge on any atom is -0.310 e. The lowest BCUT2D eigenvalue weighted by Crippen LogP contribution is -2.23. The number of hydrogen-bond donors (Lipinski definition) is 1. The van der Waals surface area contributed by atoms with Crippen LogP contribution in [0.5, 0.6) is 0 Å². The van der Waals surface area contributed by atoms with Crippen molar-refractivity contribution in [3.8, 4) is 0 Å². The molecule has 0 fully saturated rings. The van der Waals surface area contributed by atoms with E-state index in [0.29, 0.717) is 5.56 Å². The Morgan fingerprint density at radius 3 is 2.80 bits per heavy atom. The number of rotatable bonds is 7. The molecule has 1 atom stereocenters. The van der Waals surface area contributed by atoms with Crippen molar-refractivity contribution in [1.29, 1.82) is 0 Å². The Morgan fingerprint density at radius 2 is 2.10 bits per heavy atom. The van der Waals surface area contributed by atoms with Gasteiger partial charge in [-0.05, 0) is 55.5 Å². The minimum absolute atomic E-state index is 0.146. The summed E-state index contributed by atoms with van der Waals surface area (Å²) < 4.78 is 27.3. The zero-order chi connectivity index (χ0) is 14.4. The average Bonchev–Trinajstić information content (AvgIpc) is 2.95. The second-order valence-corrected chi connectivity index (χ2v) is 5.82. The average molecular weight is 295 g/mol. The van der Waals surface area contributed by atoms with Gasteiger partial charge in [0.05, 0.1) is 0 Å². The quantitative estimate of drug-likeness (QED) is 0.780. The molecule has 0 aliphatic rings. The SMILES string of the molecule is CCCNC(CCc1cccs1)c1cc(F)ccc1F. The van der Waals surface area contributed by atoms with Crippen molar-refractivity contribution in [3.05, 3.63) is 57.8 Å². The summed E-state index contributed by atoms with van der Waals surface area (Å²) in [4.78, 5) is 1.27. The molecule has 2 aromatic rings. The number of halogens is 2. The molecular weight excluding hydrogens is 276 g/mol. The number of benzene rings is 1. The molecule has 4 heteroatoms. The van der Waals surface area contributed by atoms with Gasteiger partial charge < -0.3 is 5.32 Å². The Morgan fingerprint density at radius 1 is 1.25 bits per heavy atom. The Hall–Kier alpha value is -1.26. The van der Waals surface area contributed by atoms with Gasteiger partial charge in [-0.15, -0.1) is 11.3 Å². The second-order valence-electron chi connectivity index (χ2n) is 4.79. The number of nitrogens with one attached hydrogen (secondary N) is 1. The highest BCUT2D eigenvalue weighted by molar-refractivity contribution is 7.09. The van der Waals surface area contributed by atoms with E-state index in [2.05, 4.69) is 18.3 Å². The summed E-state index contributed by atoms with van der Waals surface area (Å²) in [7, 11) is 0. The van der Waals surface area contributed by atoms with Crippen molar-refractivity contribution in [1.82, 2.24) is 5.32 Å². The lowest BCUT2D eigenvalue weighted by Gasteiger charge is -2.19. The van der Waals surface area contributed by atoms with E-state index >= 15 is 0 Å². The summed E-state index contributed by atoms with van der Waals surface area (Å²) in [6, 6.07) is 7.61. The monoisotopic (exact) mass is 295 g/mol. The molecule has 0 amide bonds. The highest BCUT2D eigenvalue weighted by Crippen LogP contribution is 2.24. The van der Waals surface area contributed by atoms with E-state index in [-0.39, 0.29) is 17.7 Å². The molecular formula is C16H19F2NS. The van der Waals surface area contributed by atoms with E-state index in [1.165, 1.54) is 17.0 Å². The molecule has 0 aliphatic carbocycles. The summed E-state index contributed by atoms with van der Waals surface area (Å²) in [6.07, 6.45) is 2.60. The molecule has 20 heavy (non-hydrogen) atoms. The third-order valence-corrected chi connectivity index (χ3v) is 4.17. The van der Waals surface area contributed by atoms with E-state index in [1.807, 2.05) is 11.4 Å². The summed E-state index contributed by atoms with van der Waals surface area (Å²) in [5.41, 5.74) is 0.426. The second kappa shape index (κ2) is 7.50. The highest BCUT2D eigenvalue weighted by atomic mass is 32.1. The maximum absolute atomic E-state index is 13.9. The standard InChI is InChI=1S/C16H19F2NS/c1-2-9-19-16(8-6-13-4-3-10-20-13)14-11-12(17)5-7-15(14)18/h3-5,7,10-11,16,19H,2,6,8-9H2,1H3. The van der Waals surface area contributed by atoms with Crippen molar-refractivity contribution in [2.24, 2.45) is 0 Å². The highest BCUT2D eigenvalue weighted by Gasteiger charge is 2.16. The molecule has 1 unspecified atom stereocenters. The predicted octanol–water partition coefficient (Wildman–Crippen LogP) is 4.70. The first kappa shape index (κ1) is 15.1. The van der Waals surface area contributed by atoms with Crippen LogP contribution in [0.4, 0.5) is 8.78 Å². The van der Waals surface area contributed by atoms with Gasteiger partial charge in [-0.2, -0.15) is 0 Å². The Bertz CT molecular complexity index is 525. The Kier molecular flexibility index (Phi) is 5.68. The first-order chi connectivity index (χ1) is 9.70. The summed E-state index contributed by atoms with van der Waals surface area (Å²) in [6.45, 7) is 2.86. The van der Waals surface area contributed by atoms with Crippen LogP contribution in [0.25, 0.3) is 0 Å². The van der Waals surface area contributed by atoms with Gasteiger partial charge in [-0.25, -0.2) is 8.78 Å². The molecule has 0 saturated carbocycles. The normalized spacial score (nSPS) is 12.6. The van der Waals surface area contributed by atoms with Gasteiger partial charge in [0.1, 0.15) is 11.6 Å². The molecule has 1 nitrogen and oxygen atoms in total. The fourth-order valence-corrected chi connectivity index (χ4v) is 2.93. The minimum atomic E-state index is -0.388. The van der Waals surface area contributed by atoms with Crippen molar-refractivity contribution < 1.29 is 8.78 Å². The molecule has 1 N–H and O–H groups in total. The fourth-order valence-electron chi connectivity index (χ4n) is 2.21. The lowest BCUT2D eigenvalue weighted by atomic mass is 10.0. The molecule has 2 rings (SSSR count). The lowest BCUT2D eigenvalue weighted by molar-refractivity contribution is 0.470. The Labute approximate surface area is 122 Å². The van der Waals surface area contributed by atoms with Gasteiger partial charge in [0, 0.05) is 16.5 Å². The van der Waals surface area contributed by atoms with E-state index in [0.717, 1.165) is 31.9 Å². The van der Waals surface area contributed by atoms with Crippen LogP contribution in [-0.2, 0) is 6.42 Å². The van der Waals surface area contributed by atoms with Crippen LogP contribution < -0.4 is 5.32 Å². The third-order valence-electron chi connectivity index (χ3n) is 3.23. The smallest absolute Gasteiger partial charge is 0.128 e. The topological polar surface area (TPSA) is 12.0 Å². The molecule has 0 bridgehead atoms. The number of aryl methyl sites for hydroxylation is 1. The van der Waals surface area contributed by atoms with E-state index in [1.54, 1.807) is 11.3 Å². The van der Waals surface area contributed by atoms with Crippen LogP contribution >= 0.6 is 11.3 Å².